The monoisotopic (exact) mass is 368 g/mol. The first kappa shape index (κ1) is 14.5. The summed E-state index contributed by atoms with van der Waals surface area (Å²) < 4.78 is 16.9. The van der Waals surface area contributed by atoms with E-state index < -0.39 is 0 Å². The molecule has 1 saturated carbocycles. The van der Waals surface area contributed by atoms with Gasteiger partial charge in [0.05, 0.1) is 31.3 Å². The van der Waals surface area contributed by atoms with E-state index in [0.29, 0.717) is 17.1 Å². The Morgan fingerprint density at radius 2 is 2.28 bits per heavy atom. The largest absolute Gasteiger partial charge is 0.466 e. The number of alkyl halides is 1. The maximum atomic E-state index is 11.7. The lowest BCUT2D eigenvalue weighted by Crippen LogP contribution is -2.24. The van der Waals surface area contributed by atoms with E-state index in [1.54, 1.807) is 0 Å². The van der Waals surface area contributed by atoms with Crippen LogP contribution in [0.2, 0.25) is 0 Å². The molecule has 0 N–H and O–H groups in total. The molecule has 4 nitrogen and oxygen atoms in total. The first-order valence-electron chi connectivity index (χ1n) is 6.74. The highest BCUT2D eigenvalue weighted by molar-refractivity contribution is 14.1. The number of halogens is 1. The van der Waals surface area contributed by atoms with Gasteiger partial charge in [-0.2, -0.15) is 0 Å². The molecule has 1 aliphatic heterocycles. The van der Waals surface area contributed by atoms with Gasteiger partial charge in [-0.05, 0) is 32.6 Å². The molecule has 4 unspecified atom stereocenters. The van der Waals surface area contributed by atoms with Crippen LogP contribution < -0.4 is 0 Å². The summed E-state index contributed by atoms with van der Waals surface area (Å²) in [5, 5.41) is 0. The zero-order valence-corrected chi connectivity index (χ0v) is 12.9. The van der Waals surface area contributed by atoms with Crippen molar-refractivity contribution < 1.29 is 19.0 Å². The normalized spacial score (nSPS) is 35.9. The molecular weight excluding hydrogens is 347 g/mol. The summed E-state index contributed by atoms with van der Waals surface area (Å²) in [5.41, 5.74) is 0. The molecule has 1 aliphatic carbocycles. The van der Waals surface area contributed by atoms with Gasteiger partial charge < -0.3 is 14.2 Å². The molecule has 1 heterocycles. The Labute approximate surface area is 122 Å². The highest BCUT2D eigenvalue weighted by Gasteiger charge is 2.38. The predicted molar refractivity (Wildman–Crippen MR) is 75.9 cm³/mol. The molecule has 5 heteroatoms. The van der Waals surface area contributed by atoms with Crippen molar-refractivity contribution in [2.45, 2.75) is 48.7 Å². The molecular formula is C13H21IO4. The van der Waals surface area contributed by atoms with Crippen LogP contribution in [0, 0.1) is 5.92 Å². The van der Waals surface area contributed by atoms with Crippen molar-refractivity contribution in [3.63, 3.8) is 0 Å². The molecule has 0 amide bonds. The standard InChI is InChI=1S/C13H21IO4/c1-2-16-13(15)9-6-11(14)12(7-9)18-8-10-4-3-5-17-10/h9-12H,2-8H2,1H3. The quantitative estimate of drug-likeness (QED) is 0.425. The third-order valence-electron chi connectivity index (χ3n) is 3.57. The van der Waals surface area contributed by atoms with E-state index in [2.05, 4.69) is 22.6 Å². The Balaban J connectivity index is 1.74. The summed E-state index contributed by atoms with van der Waals surface area (Å²) in [4.78, 5) is 11.7. The van der Waals surface area contributed by atoms with Gasteiger partial charge in [-0.3, -0.25) is 4.79 Å². The van der Waals surface area contributed by atoms with Crippen LogP contribution in [-0.4, -0.2) is 41.9 Å². The van der Waals surface area contributed by atoms with Crippen LogP contribution in [0.3, 0.4) is 0 Å². The minimum atomic E-state index is -0.0672. The van der Waals surface area contributed by atoms with Crippen LogP contribution in [0.1, 0.15) is 32.6 Å². The molecule has 2 fully saturated rings. The fourth-order valence-electron chi connectivity index (χ4n) is 2.58. The zero-order valence-electron chi connectivity index (χ0n) is 10.8. The van der Waals surface area contributed by atoms with Crippen molar-refractivity contribution in [3.05, 3.63) is 0 Å². The Kier molecular flexibility index (Phi) is 5.69. The molecule has 0 radical (unpaired) electrons. The van der Waals surface area contributed by atoms with Crippen molar-refractivity contribution in [3.8, 4) is 0 Å². The highest BCUT2D eigenvalue weighted by atomic mass is 127. The smallest absolute Gasteiger partial charge is 0.309 e. The minimum absolute atomic E-state index is 0.0151. The number of carbonyl (C=O) groups excluding carboxylic acids is 1. The number of hydrogen-bond acceptors (Lipinski definition) is 4. The predicted octanol–water partition coefficient (Wildman–Crippen LogP) is 2.33. The van der Waals surface area contributed by atoms with Crippen LogP contribution in [0.25, 0.3) is 0 Å². The Bertz CT molecular complexity index is 278. The van der Waals surface area contributed by atoms with E-state index in [4.69, 9.17) is 14.2 Å². The molecule has 0 aromatic rings. The maximum Gasteiger partial charge on any atom is 0.309 e. The molecule has 4 atom stereocenters. The molecule has 0 bridgehead atoms. The first-order chi connectivity index (χ1) is 8.70. The number of hydrogen-bond donors (Lipinski definition) is 0. The third-order valence-corrected chi connectivity index (χ3v) is 4.88. The van der Waals surface area contributed by atoms with Crippen molar-refractivity contribution >= 4 is 28.6 Å². The van der Waals surface area contributed by atoms with Gasteiger partial charge in [-0.15, -0.1) is 0 Å². The summed E-state index contributed by atoms with van der Waals surface area (Å²) in [5.74, 6) is -0.0521. The lowest BCUT2D eigenvalue weighted by atomic mass is 10.1. The van der Waals surface area contributed by atoms with Gasteiger partial charge in [0.2, 0.25) is 0 Å². The summed E-state index contributed by atoms with van der Waals surface area (Å²) in [6.07, 6.45) is 4.33. The Hall–Kier alpha value is 0.120. The third kappa shape index (κ3) is 3.81. The lowest BCUT2D eigenvalue weighted by molar-refractivity contribution is -0.148. The lowest BCUT2D eigenvalue weighted by Gasteiger charge is -2.18. The average molecular weight is 368 g/mol. The molecule has 0 aromatic heterocycles. The molecule has 2 rings (SSSR count). The van der Waals surface area contributed by atoms with Crippen molar-refractivity contribution in [2.75, 3.05) is 19.8 Å². The second-order valence-corrected chi connectivity index (χ2v) is 6.54. The highest BCUT2D eigenvalue weighted by Crippen LogP contribution is 2.34. The van der Waals surface area contributed by atoms with E-state index in [-0.39, 0.29) is 24.1 Å². The van der Waals surface area contributed by atoms with Gasteiger partial charge in [0.1, 0.15) is 0 Å². The van der Waals surface area contributed by atoms with Gasteiger partial charge in [0.15, 0.2) is 0 Å². The van der Waals surface area contributed by atoms with Crippen molar-refractivity contribution in [1.29, 1.82) is 0 Å². The number of carbonyl (C=O) groups is 1. The van der Waals surface area contributed by atoms with Crippen LogP contribution in [0.4, 0.5) is 0 Å². The van der Waals surface area contributed by atoms with E-state index in [1.807, 2.05) is 6.92 Å². The Morgan fingerprint density at radius 1 is 1.44 bits per heavy atom. The fraction of sp³-hybridized carbons (Fsp3) is 0.923. The summed E-state index contributed by atoms with van der Waals surface area (Å²) in [6, 6.07) is 0. The Morgan fingerprint density at radius 3 is 2.94 bits per heavy atom. The van der Waals surface area contributed by atoms with Crippen LogP contribution >= 0.6 is 22.6 Å². The molecule has 104 valence electrons. The van der Waals surface area contributed by atoms with Crippen LogP contribution in [0.5, 0.6) is 0 Å². The molecule has 0 aromatic carbocycles. The van der Waals surface area contributed by atoms with Gasteiger partial charge in [-0.1, -0.05) is 22.6 Å². The van der Waals surface area contributed by atoms with E-state index in [9.17, 15) is 4.79 Å². The van der Waals surface area contributed by atoms with Gasteiger partial charge in [0.25, 0.3) is 0 Å². The van der Waals surface area contributed by atoms with Gasteiger partial charge in [0, 0.05) is 10.5 Å². The molecule has 2 aliphatic rings. The minimum Gasteiger partial charge on any atom is -0.466 e. The van der Waals surface area contributed by atoms with E-state index >= 15 is 0 Å². The number of rotatable bonds is 5. The molecule has 1 saturated heterocycles. The SMILES string of the molecule is CCOC(=O)C1CC(I)C(OCC2CCCO2)C1. The van der Waals surface area contributed by atoms with Crippen molar-refractivity contribution in [1.82, 2.24) is 0 Å². The summed E-state index contributed by atoms with van der Waals surface area (Å²) >= 11 is 2.38. The second-order valence-electron chi connectivity index (χ2n) is 4.94. The second kappa shape index (κ2) is 7.05. The maximum absolute atomic E-state index is 11.7. The summed E-state index contributed by atoms with van der Waals surface area (Å²) in [7, 11) is 0. The fourth-order valence-corrected chi connectivity index (χ4v) is 3.69. The average Bonchev–Trinajstić information content (AvgIpc) is 2.96. The zero-order chi connectivity index (χ0) is 13.0. The number of ether oxygens (including phenoxy) is 3. The topological polar surface area (TPSA) is 44.8 Å². The molecule has 0 spiro atoms. The summed E-state index contributed by atoms with van der Waals surface area (Å²) in [6.45, 7) is 3.83. The first-order valence-corrected chi connectivity index (χ1v) is 7.99. The number of esters is 1. The van der Waals surface area contributed by atoms with Crippen LogP contribution in [-0.2, 0) is 19.0 Å². The van der Waals surface area contributed by atoms with E-state index in [0.717, 1.165) is 32.3 Å². The molecule has 18 heavy (non-hydrogen) atoms. The van der Waals surface area contributed by atoms with Crippen molar-refractivity contribution in [2.24, 2.45) is 5.92 Å². The van der Waals surface area contributed by atoms with Gasteiger partial charge in [-0.25, -0.2) is 0 Å². The van der Waals surface area contributed by atoms with Crippen LogP contribution in [0.15, 0.2) is 0 Å². The van der Waals surface area contributed by atoms with Gasteiger partial charge >= 0.3 is 5.97 Å². The van der Waals surface area contributed by atoms with E-state index in [1.165, 1.54) is 0 Å².